The third-order valence-corrected chi connectivity index (χ3v) is 2.78. The Balaban J connectivity index is 2.35. The smallest absolute Gasteiger partial charge is 0.233 e. The van der Waals surface area contributed by atoms with Gasteiger partial charge in [0.15, 0.2) is 0 Å². The third kappa shape index (κ3) is 3.36. The first-order chi connectivity index (χ1) is 8.95. The summed E-state index contributed by atoms with van der Waals surface area (Å²) in [6, 6.07) is 5.06. The number of nitrogens with two attached hydrogens (primary N) is 1. The molecule has 0 aliphatic heterocycles. The van der Waals surface area contributed by atoms with Crippen LogP contribution in [0.4, 0.5) is 23.5 Å². The van der Waals surface area contributed by atoms with E-state index in [0.717, 1.165) is 0 Å². The molecule has 0 bridgehead atoms. The molecule has 2 aromatic rings. The number of nitrogen functional groups attached to an aromatic ring is 1. The molecule has 3 N–H and O–H groups in total. The number of halogens is 2. The van der Waals surface area contributed by atoms with Crippen molar-refractivity contribution < 1.29 is 0 Å². The van der Waals surface area contributed by atoms with Crippen molar-refractivity contribution in [3.63, 3.8) is 0 Å². The fraction of sp³-hybridized carbons (Fsp3) is 0.182. The summed E-state index contributed by atoms with van der Waals surface area (Å²) in [7, 11) is 3.62. The van der Waals surface area contributed by atoms with E-state index in [-0.39, 0.29) is 5.95 Å². The second kappa shape index (κ2) is 5.46. The van der Waals surface area contributed by atoms with Crippen molar-refractivity contribution in [3.8, 4) is 0 Å². The van der Waals surface area contributed by atoms with Crippen LogP contribution in [0.3, 0.4) is 0 Å². The summed E-state index contributed by atoms with van der Waals surface area (Å²) in [5.74, 6) is 0.882. The van der Waals surface area contributed by atoms with Crippen LogP contribution in [0, 0.1) is 0 Å². The summed E-state index contributed by atoms with van der Waals surface area (Å²) >= 11 is 12.0. The minimum absolute atomic E-state index is 0.124. The van der Waals surface area contributed by atoms with Gasteiger partial charge in [0.2, 0.25) is 17.8 Å². The lowest BCUT2D eigenvalue weighted by atomic mass is 10.3. The van der Waals surface area contributed by atoms with E-state index in [1.54, 1.807) is 23.1 Å². The zero-order chi connectivity index (χ0) is 14.0. The van der Waals surface area contributed by atoms with E-state index in [4.69, 9.17) is 28.9 Å². The normalized spacial score (nSPS) is 10.3. The zero-order valence-electron chi connectivity index (χ0n) is 10.4. The van der Waals surface area contributed by atoms with Crippen molar-refractivity contribution in [3.05, 3.63) is 28.2 Å². The SMILES string of the molecule is CN(C)c1nc(N)nc(Nc2cc(Cl)ccc2Cl)n1. The Hall–Kier alpha value is -1.79. The van der Waals surface area contributed by atoms with Gasteiger partial charge in [-0.25, -0.2) is 0 Å². The second-order valence-corrected chi connectivity index (χ2v) is 4.80. The highest BCUT2D eigenvalue weighted by atomic mass is 35.5. The van der Waals surface area contributed by atoms with Crippen molar-refractivity contribution in [2.24, 2.45) is 0 Å². The highest BCUT2D eigenvalue weighted by molar-refractivity contribution is 6.35. The molecule has 0 fully saturated rings. The van der Waals surface area contributed by atoms with Crippen molar-refractivity contribution in [2.75, 3.05) is 30.0 Å². The van der Waals surface area contributed by atoms with Gasteiger partial charge in [-0.05, 0) is 18.2 Å². The van der Waals surface area contributed by atoms with Crippen molar-refractivity contribution in [1.29, 1.82) is 0 Å². The second-order valence-electron chi connectivity index (χ2n) is 3.96. The molecule has 0 saturated carbocycles. The third-order valence-electron chi connectivity index (χ3n) is 2.22. The molecule has 1 aromatic heterocycles. The molecule has 0 radical (unpaired) electrons. The van der Waals surface area contributed by atoms with Gasteiger partial charge in [-0.3, -0.25) is 0 Å². The topological polar surface area (TPSA) is 80.0 Å². The van der Waals surface area contributed by atoms with E-state index in [0.29, 0.717) is 27.6 Å². The molecule has 0 aliphatic rings. The van der Waals surface area contributed by atoms with Crippen LogP contribution in [0.15, 0.2) is 18.2 Å². The molecule has 1 heterocycles. The largest absolute Gasteiger partial charge is 0.368 e. The molecule has 0 atom stereocenters. The van der Waals surface area contributed by atoms with Gasteiger partial charge in [0, 0.05) is 19.1 Å². The Morgan fingerprint density at radius 2 is 1.89 bits per heavy atom. The van der Waals surface area contributed by atoms with Crippen LogP contribution in [0.1, 0.15) is 0 Å². The summed E-state index contributed by atoms with van der Waals surface area (Å²) in [6.45, 7) is 0. The van der Waals surface area contributed by atoms with Gasteiger partial charge in [0.25, 0.3) is 0 Å². The van der Waals surface area contributed by atoms with Crippen LogP contribution in [-0.2, 0) is 0 Å². The number of nitrogens with zero attached hydrogens (tertiary/aromatic N) is 4. The first kappa shape index (κ1) is 13.6. The molecule has 19 heavy (non-hydrogen) atoms. The molecule has 1 aromatic carbocycles. The van der Waals surface area contributed by atoms with Gasteiger partial charge in [-0.1, -0.05) is 23.2 Å². The van der Waals surface area contributed by atoms with E-state index >= 15 is 0 Å². The standard InChI is InChI=1S/C11H12Cl2N6/c1-19(2)11-17-9(14)16-10(18-11)15-8-5-6(12)3-4-7(8)13/h3-5H,1-2H3,(H3,14,15,16,17,18). The minimum Gasteiger partial charge on any atom is -0.368 e. The number of hydrogen-bond acceptors (Lipinski definition) is 6. The summed E-state index contributed by atoms with van der Waals surface area (Å²) in [5, 5.41) is 4.03. The molecular formula is C11H12Cl2N6. The van der Waals surface area contributed by atoms with E-state index in [2.05, 4.69) is 20.3 Å². The quantitative estimate of drug-likeness (QED) is 0.906. The maximum Gasteiger partial charge on any atom is 0.233 e. The van der Waals surface area contributed by atoms with Crippen LogP contribution in [-0.4, -0.2) is 29.0 Å². The first-order valence-corrected chi connectivity index (χ1v) is 6.12. The van der Waals surface area contributed by atoms with Crippen LogP contribution >= 0.6 is 23.2 Å². The summed E-state index contributed by atoms with van der Waals surface area (Å²) in [4.78, 5) is 13.9. The Labute approximate surface area is 120 Å². The first-order valence-electron chi connectivity index (χ1n) is 5.36. The van der Waals surface area contributed by atoms with Crippen LogP contribution < -0.4 is 16.0 Å². The monoisotopic (exact) mass is 298 g/mol. The van der Waals surface area contributed by atoms with Gasteiger partial charge in [0.05, 0.1) is 10.7 Å². The maximum atomic E-state index is 6.05. The highest BCUT2D eigenvalue weighted by Crippen LogP contribution is 2.27. The predicted molar refractivity (Wildman–Crippen MR) is 78.3 cm³/mol. The van der Waals surface area contributed by atoms with Crippen molar-refractivity contribution >= 4 is 46.7 Å². The summed E-state index contributed by atoms with van der Waals surface area (Å²) in [6.07, 6.45) is 0. The average Bonchev–Trinajstić information content (AvgIpc) is 2.33. The summed E-state index contributed by atoms with van der Waals surface area (Å²) < 4.78 is 0. The average molecular weight is 299 g/mol. The van der Waals surface area contributed by atoms with E-state index in [9.17, 15) is 0 Å². The molecule has 0 saturated heterocycles. The van der Waals surface area contributed by atoms with Gasteiger partial charge in [0.1, 0.15) is 0 Å². The molecule has 0 amide bonds. The van der Waals surface area contributed by atoms with Crippen molar-refractivity contribution in [1.82, 2.24) is 15.0 Å². The number of anilines is 4. The van der Waals surface area contributed by atoms with Crippen LogP contribution in [0.25, 0.3) is 0 Å². The fourth-order valence-corrected chi connectivity index (χ4v) is 1.69. The molecule has 8 heteroatoms. The fourth-order valence-electron chi connectivity index (χ4n) is 1.35. The molecule has 0 spiro atoms. The van der Waals surface area contributed by atoms with E-state index in [1.165, 1.54) is 0 Å². The Morgan fingerprint density at radius 1 is 1.16 bits per heavy atom. The lowest BCUT2D eigenvalue weighted by Crippen LogP contribution is -2.15. The minimum atomic E-state index is 0.124. The molecule has 0 unspecified atom stereocenters. The Bertz CT molecular complexity index is 602. The molecule has 2 rings (SSSR count). The highest BCUT2D eigenvalue weighted by Gasteiger charge is 2.08. The van der Waals surface area contributed by atoms with Crippen LogP contribution in [0.5, 0.6) is 0 Å². The Kier molecular flexibility index (Phi) is 3.92. The lowest BCUT2D eigenvalue weighted by molar-refractivity contribution is 0.969. The van der Waals surface area contributed by atoms with Gasteiger partial charge in [-0.2, -0.15) is 15.0 Å². The van der Waals surface area contributed by atoms with E-state index < -0.39 is 0 Å². The van der Waals surface area contributed by atoms with Gasteiger partial charge in [-0.15, -0.1) is 0 Å². The Morgan fingerprint density at radius 3 is 2.58 bits per heavy atom. The van der Waals surface area contributed by atoms with Crippen molar-refractivity contribution in [2.45, 2.75) is 0 Å². The zero-order valence-corrected chi connectivity index (χ0v) is 11.9. The molecular weight excluding hydrogens is 287 g/mol. The van der Waals surface area contributed by atoms with Gasteiger partial charge >= 0.3 is 0 Å². The predicted octanol–water partition coefficient (Wildman–Crippen LogP) is 2.57. The number of rotatable bonds is 3. The lowest BCUT2D eigenvalue weighted by Gasteiger charge is -2.12. The molecule has 0 aliphatic carbocycles. The van der Waals surface area contributed by atoms with E-state index in [1.807, 2.05) is 14.1 Å². The summed E-state index contributed by atoms with van der Waals surface area (Å²) in [5.41, 5.74) is 6.23. The molecule has 6 nitrogen and oxygen atoms in total. The number of nitrogens with one attached hydrogen (secondary N) is 1. The number of aromatic nitrogens is 3. The van der Waals surface area contributed by atoms with Crippen LogP contribution in [0.2, 0.25) is 10.0 Å². The number of hydrogen-bond donors (Lipinski definition) is 2. The maximum absolute atomic E-state index is 6.05. The van der Waals surface area contributed by atoms with Gasteiger partial charge < -0.3 is 16.0 Å². The number of benzene rings is 1. The molecule has 100 valence electrons.